The Hall–Kier alpha value is 0.336. The monoisotopic (exact) mass is 191 g/mol. The third-order valence-corrected chi connectivity index (χ3v) is 1.49. The first-order valence-electron chi connectivity index (χ1n) is 3.12. The maximum atomic E-state index is 10.0. The molecular formula is C6H6KN3O2. The van der Waals surface area contributed by atoms with E-state index in [0.29, 0.717) is 5.69 Å². The Morgan fingerprint density at radius 2 is 2.08 bits per heavy atom. The van der Waals surface area contributed by atoms with Gasteiger partial charge in [-0.25, -0.2) is 0 Å². The first-order valence-corrected chi connectivity index (χ1v) is 3.12. The van der Waals surface area contributed by atoms with Crippen LogP contribution >= 0.6 is 0 Å². The molecule has 58 valence electrons. The van der Waals surface area contributed by atoms with Gasteiger partial charge in [-0.1, -0.05) is 12.1 Å². The number of hydrogen-bond acceptors (Lipinski definition) is 5. The second-order valence-corrected chi connectivity index (χ2v) is 2.12. The molecule has 6 heteroatoms. The van der Waals surface area contributed by atoms with Crippen LogP contribution in [0.1, 0.15) is 0 Å². The van der Waals surface area contributed by atoms with Gasteiger partial charge >= 0.3 is 51.4 Å². The summed E-state index contributed by atoms with van der Waals surface area (Å²) >= 11 is 0. The molecule has 0 saturated heterocycles. The van der Waals surface area contributed by atoms with E-state index in [1.165, 1.54) is 0 Å². The quantitative estimate of drug-likeness (QED) is 0.275. The Bertz CT molecular complexity index is 271. The normalized spacial score (nSPS) is 13.2. The van der Waals surface area contributed by atoms with Gasteiger partial charge in [-0.15, -0.1) is 5.53 Å². The van der Waals surface area contributed by atoms with Gasteiger partial charge in [0.15, 0.2) is 0 Å². The molecule has 0 aliphatic carbocycles. The number of nitrogens with one attached hydrogen (secondary N) is 2. The summed E-state index contributed by atoms with van der Waals surface area (Å²) in [6.45, 7) is 0. The standard InChI is InChI=1S/C6H7N3O2.K/c10-11-9-6-4-2-1-3-5(6)7-8-9;/h1-4,7-8,10H;/q;+1/p-1. The summed E-state index contributed by atoms with van der Waals surface area (Å²) in [6, 6.07) is 7.28. The van der Waals surface area contributed by atoms with Gasteiger partial charge in [0.2, 0.25) is 0 Å². The Morgan fingerprint density at radius 1 is 1.33 bits per heavy atom. The zero-order valence-electron chi connectivity index (χ0n) is 6.57. The summed E-state index contributed by atoms with van der Waals surface area (Å²) in [5.74, 6) is 0. The van der Waals surface area contributed by atoms with E-state index >= 15 is 0 Å². The predicted molar refractivity (Wildman–Crippen MR) is 36.8 cm³/mol. The molecule has 1 heterocycles. The van der Waals surface area contributed by atoms with Crippen molar-refractivity contribution in [2.75, 3.05) is 10.6 Å². The summed E-state index contributed by atoms with van der Waals surface area (Å²) in [5.41, 5.74) is 6.78. The SMILES string of the molecule is [K+].[O-]ON1NNc2ccccc21. The number of nitrogens with zero attached hydrogens (tertiary/aromatic N) is 1. The van der Waals surface area contributed by atoms with Crippen LogP contribution in [0.4, 0.5) is 11.4 Å². The molecule has 0 aromatic heterocycles. The first-order chi connectivity index (χ1) is 5.42. The van der Waals surface area contributed by atoms with Crippen LogP contribution in [-0.2, 0) is 4.99 Å². The number of rotatable bonds is 1. The van der Waals surface area contributed by atoms with E-state index in [1.54, 1.807) is 6.07 Å². The van der Waals surface area contributed by atoms with E-state index in [2.05, 4.69) is 15.9 Å². The molecule has 2 rings (SSSR count). The van der Waals surface area contributed by atoms with Crippen molar-refractivity contribution in [1.29, 1.82) is 0 Å². The fourth-order valence-electron chi connectivity index (χ4n) is 0.986. The van der Waals surface area contributed by atoms with Crippen molar-refractivity contribution in [3.05, 3.63) is 24.3 Å². The van der Waals surface area contributed by atoms with Gasteiger partial charge in [0.1, 0.15) is 5.69 Å². The van der Waals surface area contributed by atoms with Crippen LogP contribution in [0.3, 0.4) is 0 Å². The molecule has 0 unspecified atom stereocenters. The average molecular weight is 191 g/mol. The molecule has 1 aliphatic heterocycles. The van der Waals surface area contributed by atoms with E-state index in [4.69, 9.17) is 0 Å². The topological polar surface area (TPSA) is 59.6 Å². The summed E-state index contributed by atoms with van der Waals surface area (Å²) in [7, 11) is 0. The maximum absolute atomic E-state index is 10.0. The van der Waals surface area contributed by atoms with Crippen LogP contribution in [0.15, 0.2) is 24.3 Å². The van der Waals surface area contributed by atoms with Crippen molar-refractivity contribution in [2.45, 2.75) is 0 Å². The van der Waals surface area contributed by atoms with E-state index < -0.39 is 0 Å². The largest absolute Gasteiger partial charge is 1.00 e. The number of hydrogen-bond donors (Lipinski definition) is 2. The molecule has 1 aromatic rings. The van der Waals surface area contributed by atoms with Crippen molar-refractivity contribution in [1.82, 2.24) is 5.53 Å². The zero-order valence-corrected chi connectivity index (χ0v) is 9.70. The smallest absolute Gasteiger partial charge is 0.697 e. The second kappa shape index (κ2) is 4.54. The van der Waals surface area contributed by atoms with E-state index in [-0.39, 0.29) is 51.4 Å². The van der Waals surface area contributed by atoms with Gasteiger partial charge in [0.25, 0.3) is 0 Å². The van der Waals surface area contributed by atoms with Crippen LogP contribution in [0.2, 0.25) is 0 Å². The number of para-hydroxylation sites is 2. The molecular weight excluding hydrogens is 185 g/mol. The zero-order chi connectivity index (χ0) is 7.68. The molecule has 0 fully saturated rings. The minimum absolute atomic E-state index is 0. The first kappa shape index (κ1) is 10.4. The Balaban J connectivity index is 0.000000720. The van der Waals surface area contributed by atoms with Crippen molar-refractivity contribution in [3.63, 3.8) is 0 Å². The minimum Gasteiger partial charge on any atom is -0.697 e. The number of anilines is 2. The predicted octanol–water partition coefficient (Wildman–Crippen LogP) is -3.45. The van der Waals surface area contributed by atoms with Gasteiger partial charge in [-0.2, -0.15) is 5.17 Å². The maximum Gasteiger partial charge on any atom is 1.00 e. The minimum atomic E-state index is 0. The van der Waals surface area contributed by atoms with Gasteiger partial charge < -0.3 is 10.2 Å². The number of hydrazine groups is 2. The molecule has 12 heavy (non-hydrogen) atoms. The van der Waals surface area contributed by atoms with E-state index in [9.17, 15) is 5.26 Å². The summed E-state index contributed by atoms with van der Waals surface area (Å²) in [5, 5.41) is 11.0. The third kappa shape index (κ3) is 1.81. The Morgan fingerprint density at radius 3 is 2.83 bits per heavy atom. The molecule has 0 radical (unpaired) electrons. The fourth-order valence-corrected chi connectivity index (χ4v) is 0.986. The Labute approximate surface area is 112 Å². The van der Waals surface area contributed by atoms with Gasteiger partial charge in [0.05, 0.1) is 5.69 Å². The molecule has 0 saturated carbocycles. The van der Waals surface area contributed by atoms with Crippen LogP contribution in [0.25, 0.3) is 0 Å². The summed E-state index contributed by atoms with van der Waals surface area (Å²) in [4.78, 5) is 3.75. The van der Waals surface area contributed by atoms with Crippen molar-refractivity contribution >= 4 is 11.4 Å². The molecule has 0 atom stereocenters. The second-order valence-electron chi connectivity index (χ2n) is 2.12. The molecule has 1 aromatic carbocycles. The van der Waals surface area contributed by atoms with Crippen molar-refractivity contribution in [3.8, 4) is 0 Å². The molecule has 0 spiro atoms. The average Bonchev–Trinajstić information content (AvgIpc) is 2.47. The van der Waals surface area contributed by atoms with Gasteiger partial charge in [-0.05, 0) is 12.1 Å². The molecule has 0 amide bonds. The van der Waals surface area contributed by atoms with Crippen molar-refractivity contribution < 1.29 is 61.6 Å². The molecule has 2 N–H and O–H groups in total. The number of benzene rings is 1. The fraction of sp³-hybridized carbons (Fsp3) is 0. The van der Waals surface area contributed by atoms with Crippen LogP contribution in [0, 0.1) is 0 Å². The summed E-state index contributed by atoms with van der Waals surface area (Å²) < 4.78 is 0. The van der Waals surface area contributed by atoms with Crippen LogP contribution in [-0.4, -0.2) is 0 Å². The van der Waals surface area contributed by atoms with Gasteiger partial charge in [-0.3, -0.25) is 5.43 Å². The Kier molecular flexibility index (Phi) is 3.94. The van der Waals surface area contributed by atoms with Crippen molar-refractivity contribution in [2.24, 2.45) is 0 Å². The third-order valence-electron chi connectivity index (χ3n) is 1.49. The molecule has 5 nitrogen and oxygen atoms in total. The summed E-state index contributed by atoms with van der Waals surface area (Å²) in [6.07, 6.45) is 0. The molecule has 1 aliphatic rings. The van der Waals surface area contributed by atoms with Crippen LogP contribution < -0.4 is 72.8 Å². The van der Waals surface area contributed by atoms with E-state index in [1.807, 2.05) is 18.2 Å². The molecule has 0 bridgehead atoms. The van der Waals surface area contributed by atoms with E-state index in [0.717, 1.165) is 10.9 Å². The van der Waals surface area contributed by atoms with Crippen LogP contribution in [0.5, 0.6) is 0 Å². The number of fused-ring (bicyclic) bond motifs is 1. The van der Waals surface area contributed by atoms with Gasteiger partial charge in [0, 0.05) is 0 Å².